The molecule has 2 rings (SSSR count). The number of hydrogen-bond acceptors (Lipinski definition) is 6. The van der Waals surface area contributed by atoms with Crippen LogP contribution in [0.3, 0.4) is 0 Å². The normalized spacial score (nSPS) is 19.8. The summed E-state index contributed by atoms with van der Waals surface area (Å²) in [4.78, 5) is 10.8. The van der Waals surface area contributed by atoms with E-state index in [9.17, 15) is 9.90 Å². The zero-order valence-electron chi connectivity index (χ0n) is 12.6. The van der Waals surface area contributed by atoms with Crippen LogP contribution >= 0.6 is 11.9 Å². The molecular weight excluding hydrogens is 304 g/mol. The Morgan fingerprint density at radius 3 is 2.82 bits per heavy atom. The smallest absolute Gasteiger partial charge is 0.404 e. The summed E-state index contributed by atoms with van der Waals surface area (Å²) in [6.45, 7) is 1.63. The maximum Gasteiger partial charge on any atom is 0.404 e. The molecular formula is C15H22N2O4S. The summed E-state index contributed by atoms with van der Waals surface area (Å²) in [5, 5.41) is 9.55. The van der Waals surface area contributed by atoms with Crippen molar-refractivity contribution >= 4 is 18.0 Å². The standard InChI is InChI=1S/C15H22N2O4S/c1-20-12-4-2-11(3-5-12)9-17-7-6-14(22-17)8-13(10-18)21-15(16)19/h2-5,13-14,18H,6-10H2,1H3,(H2,16,19)/t13-,14?/m0/s1. The first-order chi connectivity index (χ1) is 10.6. The third-order valence-electron chi connectivity index (χ3n) is 3.53. The van der Waals surface area contributed by atoms with Crippen LogP contribution in [0.4, 0.5) is 4.79 Å². The molecule has 0 bridgehead atoms. The van der Waals surface area contributed by atoms with E-state index >= 15 is 0 Å². The highest BCUT2D eigenvalue weighted by Crippen LogP contribution is 2.33. The van der Waals surface area contributed by atoms with Gasteiger partial charge in [0.1, 0.15) is 11.9 Å². The monoisotopic (exact) mass is 326 g/mol. The first-order valence-corrected chi connectivity index (χ1v) is 8.06. The molecule has 6 nitrogen and oxygen atoms in total. The second-order valence-corrected chi connectivity index (χ2v) is 6.60. The molecule has 2 atom stereocenters. The molecule has 1 heterocycles. The van der Waals surface area contributed by atoms with Gasteiger partial charge in [-0.15, -0.1) is 0 Å². The molecule has 22 heavy (non-hydrogen) atoms. The number of carbonyl (C=O) groups is 1. The fraction of sp³-hybridized carbons (Fsp3) is 0.533. The Kier molecular flexibility index (Phi) is 6.35. The maximum atomic E-state index is 10.8. The van der Waals surface area contributed by atoms with Crippen LogP contribution < -0.4 is 10.5 Å². The van der Waals surface area contributed by atoms with Crippen molar-refractivity contribution in [2.45, 2.75) is 30.7 Å². The van der Waals surface area contributed by atoms with Crippen molar-refractivity contribution in [3.8, 4) is 5.75 Å². The van der Waals surface area contributed by atoms with E-state index in [2.05, 4.69) is 16.4 Å². The molecule has 0 aliphatic carbocycles. The zero-order chi connectivity index (χ0) is 15.9. The summed E-state index contributed by atoms with van der Waals surface area (Å²) in [7, 11) is 1.65. The molecule has 0 saturated carbocycles. The number of rotatable bonds is 7. The lowest BCUT2D eigenvalue weighted by Crippen LogP contribution is -2.28. The second-order valence-electron chi connectivity index (χ2n) is 5.20. The molecule has 7 heteroatoms. The van der Waals surface area contributed by atoms with Crippen molar-refractivity contribution in [2.75, 3.05) is 20.3 Å². The van der Waals surface area contributed by atoms with Crippen molar-refractivity contribution in [2.24, 2.45) is 5.73 Å². The number of aliphatic hydroxyl groups is 1. The summed E-state index contributed by atoms with van der Waals surface area (Å²) < 4.78 is 12.3. The van der Waals surface area contributed by atoms with Crippen molar-refractivity contribution in [1.82, 2.24) is 4.31 Å². The molecule has 1 amide bonds. The molecule has 1 aromatic rings. The third-order valence-corrected chi connectivity index (χ3v) is 4.86. The number of aliphatic hydroxyl groups excluding tert-OH is 1. The largest absolute Gasteiger partial charge is 0.497 e. The minimum absolute atomic E-state index is 0.196. The van der Waals surface area contributed by atoms with Gasteiger partial charge in [-0.2, -0.15) is 0 Å². The van der Waals surface area contributed by atoms with Gasteiger partial charge < -0.3 is 20.3 Å². The highest BCUT2D eigenvalue weighted by atomic mass is 32.2. The van der Waals surface area contributed by atoms with Gasteiger partial charge in [0.2, 0.25) is 0 Å². The van der Waals surface area contributed by atoms with E-state index < -0.39 is 12.2 Å². The van der Waals surface area contributed by atoms with Crippen LogP contribution in [0.5, 0.6) is 5.75 Å². The SMILES string of the molecule is COc1ccc(CN2CCC(C[C@@H](CO)OC(N)=O)S2)cc1. The van der Waals surface area contributed by atoms with E-state index in [1.54, 1.807) is 19.1 Å². The van der Waals surface area contributed by atoms with E-state index in [1.807, 2.05) is 12.1 Å². The molecule has 1 aliphatic rings. The lowest BCUT2D eigenvalue weighted by molar-refractivity contribution is 0.0584. The average molecular weight is 326 g/mol. The molecule has 1 aromatic carbocycles. The number of amides is 1. The Morgan fingerprint density at radius 2 is 2.23 bits per heavy atom. The summed E-state index contributed by atoms with van der Waals surface area (Å²) in [6, 6.07) is 8.02. The maximum absolute atomic E-state index is 10.8. The highest BCUT2D eigenvalue weighted by Gasteiger charge is 2.27. The fourth-order valence-electron chi connectivity index (χ4n) is 2.43. The van der Waals surface area contributed by atoms with Crippen molar-refractivity contribution in [3.63, 3.8) is 0 Å². The number of carbonyl (C=O) groups excluding carboxylic acids is 1. The van der Waals surface area contributed by atoms with Gasteiger partial charge in [-0.3, -0.25) is 0 Å². The van der Waals surface area contributed by atoms with Gasteiger partial charge in [0.15, 0.2) is 0 Å². The van der Waals surface area contributed by atoms with Crippen LogP contribution in [0.1, 0.15) is 18.4 Å². The van der Waals surface area contributed by atoms with Gasteiger partial charge in [-0.25, -0.2) is 9.10 Å². The Bertz CT molecular complexity index is 483. The minimum atomic E-state index is -0.836. The van der Waals surface area contributed by atoms with Gasteiger partial charge in [-0.1, -0.05) is 24.1 Å². The number of benzene rings is 1. The Morgan fingerprint density at radius 1 is 1.50 bits per heavy atom. The van der Waals surface area contributed by atoms with Gasteiger partial charge in [0.05, 0.1) is 13.7 Å². The summed E-state index contributed by atoms with van der Waals surface area (Å²) in [5.41, 5.74) is 6.22. The summed E-state index contributed by atoms with van der Waals surface area (Å²) in [5.74, 6) is 0.852. The predicted octanol–water partition coefficient (Wildman–Crippen LogP) is 1.76. The molecule has 1 saturated heterocycles. The first kappa shape index (κ1) is 16.9. The molecule has 1 unspecified atom stereocenters. The van der Waals surface area contributed by atoms with Crippen molar-refractivity contribution < 1.29 is 19.4 Å². The molecule has 0 radical (unpaired) electrons. The minimum Gasteiger partial charge on any atom is -0.497 e. The number of ether oxygens (including phenoxy) is 2. The second kappa shape index (κ2) is 8.26. The van der Waals surface area contributed by atoms with E-state index in [1.165, 1.54) is 5.56 Å². The fourth-order valence-corrected chi connectivity index (χ4v) is 3.80. The van der Waals surface area contributed by atoms with E-state index in [4.69, 9.17) is 15.2 Å². The first-order valence-electron chi connectivity index (χ1n) is 7.22. The molecule has 1 fully saturated rings. The van der Waals surface area contributed by atoms with Crippen LogP contribution in [0.25, 0.3) is 0 Å². The lowest BCUT2D eigenvalue weighted by atomic mass is 10.1. The van der Waals surface area contributed by atoms with Gasteiger partial charge >= 0.3 is 6.09 Å². The van der Waals surface area contributed by atoms with Crippen LogP contribution in [0, 0.1) is 0 Å². The average Bonchev–Trinajstić information content (AvgIpc) is 2.94. The van der Waals surface area contributed by atoms with Crippen LogP contribution in [-0.4, -0.2) is 47.1 Å². The Balaban J connectivity index is 1.80. The number of primary amides is 1. The van der Waals surface area contributed by atoms with E-state index in [0.29, 0.717) is 11.7 Å². The molecule has 1 aliphatic heterocycles. The van der Waals surface area contributed by atoms with Crippen molar-refractivity contribution in [1.29, 1.82) is 0 Å². The number of methoxy groups -OCH3 is 1. The molecule has 122 valence electrons. The van der Waals surface area contributed by atoms with Crippen molar-refractivity contribution in [3.05, 3.63) is 29.8 Å². The molecule has 3 N–H and O–H groups in total. The third kappa shape index (κ3) is 5.08. The van der Waals surface area contributed by atoms with Gasteiger partial charge in [-0.05, 0) is 30.5 Å². The quantitative estimate of drug-likeness (QED) is 0.743. The van der Waals surface area contributed by atoms with Gasteiger partial charge in [0, 0.05) is 18.3 Å². The van der Waals surface area contributed by atoms with Crippen LogP contribution in [0.15, 0.2) is 24.3 Å². The summed E-state index contributed by atoms with van der Waals surface area (Å²) >= 11 is 1.75. The highest BCUT2D eigenvalue weighted by molar-refractivity contribution is 7.97. The van der Waals surface area contributed by atoms with E-state index in [-0.39, 0.29) is 6.61 Å². The lowest BCUT2D eigenvalue weighted by Gasteiger charge is -2.19. The number of nitrogens with zero attached hydrogens (tertiary/aromatic N) is 1. The van der Waals surface area contributed by atoms with Crippen LogP contribution in [0.2, 0.25) is 0 Å². The molecule has 0 spiro atoms. The number of hydrogen-bond donors (Lipinski definition) is 2. The Labute approximate surface area is 134 Å². The van der Waals surface area contributed by atoms with E-state index in [0.717, 1.165) is 25.3 Å². The number of nitrogens with two attached hydrogens (primary N) is 1. The van der Waals surface area contributed by atoms with Crippen LogP contribution in [-0.2, 0) is 11.3 Å². The predicted molar refractivity (Wildman–Crippen MR) is 85.6 cm³/mol. The Hall–Kier alpha value is -1.44. The molecule has 0 aromatic heterocycles. The van der Waals surface area contributed by atoms with Gasteiger partial charge in [0.25, 0.3) is 0 Å². The topological polar surface area (TPSA) is 85.0 Å². The zero-order valence-corrected chi connectivity index (χ0v) is 13.4. The summed E-state index contributed by atoms with van der Waals surface area (Å²) in [6.07, 6.45) is 0.260.